The second-order valence-electron chi connectivity index (χ2n) is 7.14. The Hall–Kier alpha value is -3.82. The zero-order valence-corrected chi connectivity index (χ0v) is 18.8. The van der Waals surface area contributed by atoms with Crippen molar-refractivity contribution in [3.05, 3.63) is 59.2 Å². The second kappa shape index (κ2) is 10.4. The first-order chi connectivity index (χ1) is 16.1. The second-order valence-corrected chi connectivity index (χ2v) is 7.14. The van der Waals surface area contributed by atoms with Crippen LogP contribution in [-0.2, 0) is 20.5 Å². The molecule has 0 unspecified atom stereocenters. The number of carbonyl (C=O) groups excluding carboxylic acids is 2. The van der Waals surface area contributed by atoms with Crippen molar-refractivity contribution in [2.75, 3.05) is 24.8 Å². The summed E-state index contributed by atoms with van der Waals surface area (Å²) in [6, 6.07) is 9.29. The van der Waals surface area contributed by atoms with E-state index < -0.39 is 23.6 Å². The average Bonchev–Trinajstić information content (AvgIpc) is 3.07. The van der Waals surface area contributed by atoms with E-state index in [1.807, 2.05) is 0 Å². The van der Waals surface area contributed by atoms with Crippen molar-refractivity contribution >= 4 is 29.4 Å². The lowest BCUT2D eigenvalue weighted by molar-refractivity contribution is -0.145. The fourth-order valence-corrected chi connectivity index (χ4v) is 3.18. The molecule has 0 N–H and O–H groups in total. The van der Waals surface area contributed by atoms with Crippen LogP contribution in [0.25, 0.3) is 6.08 Å². The highest BCUT2D eigenvalue weighted by Crippen LogP contribution is 2.34. The van der Waals surface area contributed by atoms with Gasteiger partial charge in [0.15, 0.2) is 18.1 Å². The number of halogens is 3. The van der Waals surface area contributed by atoms with Crippen molar-refractivity contribution in [3.8, 4) is 11.5 Å². The number of benzene rings is 2. The van der Waals surface area contributed by atoms with Crippen molar-refractivity contribution in [2.45, 2.75) is 26.9 Å². The van der Waals surface area contributed by atoms with Gasteiger partial charge >= 0.3 is 12.1 Å². The number of hydrazone groups is 1. The molecule has 0 fully saturated rings. The third-order valence-electron chi connectivity index (χ3n) is 4.71. The number of amides is 1. The number of esters is 1. The summed E-state index contributed by atoms with van der Waals surface area (Å²) >= 11 is 0. The largest absolute Gasteiger partial charge is 0.490 e. The number of nitrogens with zero attached hydrogens (tertiary/aromatic N) is 2. The molecule has 0 bridgehead atoms. The molecule has 34 heavy (non-hydrogen) atoms. The Bertz CT molecular complexity index is 1140. The van der Waals surface area contributed by atoms with E-state index in [9.17, 15) is 22.8 Å². The molecule has 2 aromatic rings. The molecule has 3 rings (SSSR count). The Labute approximate surface area is 194 Å². The summed E-state index contributed by atoms with van der Waals surface area (Å²) in [6.07, 6.45) is -2.98. The van der Waals surface area contributed by atoms with Gasteiger partial charge < -0.3 is 14.2 Å². The van der Waals surface area contributed by atoms with Gasteiger partial charge in [-0.2, -0.15) is 23.3 Å². The number of ether oxygens (including phenoxy) is 3. The van der Waals surface area contributed by atoms with E-state index in [1.165, 1.54) is 12.1 Å². The third kappa shape index (κ3) is 5.75. The number of carbonyl (C=O) groups is 2. The first kappa shape index (κ1) is 24.8. The summed E-state index contributed by atoms with van der Waals surface area (Å²) in [6.45, 7) is 5.35. The molecule has 10 heteroatoms. The summed E-state index contributed by atoms with van der Waals surface area (Å²) in [5.41, 5.74) is 0.293. The van der Waals surface area contributed by atoms with E-state index in [0.29, 0.717) is 29.4 Å². The smallest absolute Gasteiger partial charge is 0.416 e. The van der Waals surface area contributed by atoms with Crippen LogP contribution in [0.5, 0.6) is 11.5 Å². The zero-order valence-electron chi connectivity index (χ0n) is 18.8. The van der Waals surface area contributed by atoms with Gasteiger partial charge in [0.05, 0.1) is 35.7 Å². The Balaban J connectivity index is 1.85. The zero-order chi connectivity index (χ0) is 24.9. The molecule has 1 amide bonds. The molecule has 0 spiro atoms. The minimum Gasteiger partial charge on any atom is -0.490 e. The van der Waals surface area contributed by atoms with Gasteiger partial charge in [0.2, 0.25) is 0 Å². The van der Waals surface area contributed by atoms with Crippen molar-refractivity contribution in [3.63, 3.8) is 0 Å². The van der Waals surface area contributed by atoms with Gasteiger partial charge in [0.1, 0.15) is 0 Å². The van der Waals surface area contributed by atoms with E-state index in [1.54, 1.807) is 45.0 Å². The number of hydrogen-bond acceptors (Lipinski definition) is 6. The van der Waals surface area contributed by atoms with E-state index in [0.717, 1.165) is 17.1 Å². The number of alkyl halides is 3. The fourth-order valence-electron chi connectivity index (χ4n) is 3.18. The standard InChI is InChI=1S/C24H23F3N2O5/c1-4-32-21-12-16(9-10-20(21)34-14-22(30)33-5-2)11-19-15(3)28-29(23(19)31)18-8-6-7-17(13-18)24(25,26)27/h6-13H,4-5,14H2,1-3H3. The van der Waals surface area contributed by atoms with E-state index in [-0.39, 0.29) is 24.5 Å². The van der Waals surface area contributed by atoms with Crippen molar-refractivity contribution in [1.29, 1.82) is 0 Å². The molecule has 1 heterocycles. The van der Waals surface area contributed by atoms with Crippen LogP contribution in [0.1, 0.15) is 31.9 Å². The quantitative estimate of drug-likeness (QED) is 0.402. The molecule has 0 atom stereocenters. The lowest BCUT2D eigenvalue weighted by Gasteiger charge is -2.14. The predicted octanol–water partition coefficient (Wildman–Crippen LogP) is 4.85. The van der Waals surface area contributed by atoms with E-state index in [2.05, 4.69) is 5.10 Å². The Morgan fingerprint density at radius 3 is 2.50 bits per heavy atom. The Kier molecular flexibility index (Phi) is 7.60. The number of anilines is 1. The first-order valence-electron chi connectivity index (χ1n) is 10.5. The lowest BCUT2D eigenvalue weighted by atomic mass is 10.1. The van der Waals surface area contributed by atoms with Gasteiger partial charge in [-0.3, -0.25) is 4.79 Å². The van der Waals surface area contributed by atoms with E-state index in [4.69, 9.17) is 14.2 Å². The fraction of sp³-hybridized carbons (Fsp3) is 0.292. The molecule has 1 aliphatic heterocycles. The SMILES string of the molecule is CCOC(=O)COc1ccc(C=C2C(=O)N(c3cccc(C(F)(F)F)c3)N=C2C)cc1OCC. The molecule has 1 aliphatic rings. The predicted molar refractivity (Wildman–Crippen MR) is 120 cm³/mol. The monoisotopic (exact) mass is 476 g/mol. The van der Waals surface area contributed by atoms with Crippen molar-refractivity contribution in [1.82, 2.24) is 0 Å². The minimum atomic E-state index is -4.54. The van der Waals surface area contributed by atoms with Crippen LogP contribution >= 0.6 is 0 Å². The van der Waals surface area contributed by atoms with Crippen LogP contribution in [0.3, 0.4) is 0 Å². The summed E-state index contributed by atoms with van der Waals surface area (Å²) in [5, 5.41) is 5.08. The van der Waals surface area contributed by atoms with Crippen LogP contribution in [0.2, 0.25) is 0 Å². The summed E-state index contributed by atoms with van der Waals surface area (Å²) in [5.74, 6) is -0.395. The molecule has 180 valence electrons. The molecule has 0 saturated heterocycles. The highest BCUT2D eigenvalue weighted by Gasteiger charge is 2.33. The highest BCUT2D eigenvalue weighted by molar-refractivity contribution is 6.32. The van der Waals surface area contributed by atoms with Crippen molar-refractivity contribution < 1.29 is 37.0 Å². The van der Waals surface area contributed by atoms with Gasteiger partial charge in [0, 0.05) is 0 Å². The summed E-state index contributed by atoms with van der Waals surface area (Å²) < 4.78 is 55.1. The number of rotatable bonds is 8. The highest BCUT2D eigenvalue weighted by atomic mass is 19.4. The van der Waals surface area contributed by atoms with Gasteiger partial charge in [-0.25, -0.2) is 4.79 Å². The van der Waals surface area contributed by atoms with Gasteiger partial charge in [-0.1, -0.05) is 12.1 Å². The van der Waals surface area contributed by atoms with E-state index >= 15 is 0 Å². The normalized spacial score (nSPS) is 14.9. The molecule has 2 aromatic carbocycles. The van der Waals surface area contributed by atoms with Crippen LogP contribution in [0.15, 0.2) is 53.1 Å². The molecular weight excluding hydrogens is 453 g/mol. The Morgan fingerprint density at radius 2 is 1.82 bits per heavy atom. The molecule has 7 nitrogen and oxygen atoms in total. The third-order valence-corrected chi connectivity index (χ3v) is 4.71. The molecule has 0 saturated carbocycles. The molecule has 0 aromatic heterocycles. The lowest BCUT2D eigenvalue weighted by Crippen LogP contribution is -2.21. The first-order valence-corrected chi connectivity index (χ1v) is 10.5. The topological polar surface area (TPSA) is 77.4 Å². The molecule has 0 radical (unpaired) electrons. The maximum Gasteiger partial charge on any atom is 0.416 e. The minimum absolute atomic E-state index is 0.0142. The molecule has 0 aliphatic carbocycles. The van der Waals surface area contributed by atoms with Crippen LogP contribution in [0, 0.1) is 0 Å². The summed E-state index contributed by atoms with van der Waals surface area (Å²) in [7, 11) is 0. The Morgan fingerprint density at radius 1 is 1.06 bits per heavy atom. The molecular formula is C24H23F3N2O5. The van der Waals surface area contributed by atoms with Gasteiger partial charge in [-0.05, 0) is 62.7 Å². The van der Waals surface area contributed by atoms with Gasteiger partial charge in [-0.15, -0.1) is 0 Å². The van der Waals surface area contributed by atoms with Crippen LogP contribution < -0.4 is 14.5 Å². The van der Waals surface area contributed by atoms with Crippen molar-refractivity contribution in [2.24, 2.45) is 5.10 Å². The average molecular weight is 476 g/mol. The van der Waals surface area contributed by atoms with Crippen LogP contribution in [-0.4, -0.2) is 37.4 Å². The van der Waals surface area contributed by atoms with Gasteiger partial charge in [0.25, 0.3) is 5.91 Å². The maximum absolute atomic E-state index is 13.1. The summed E-state index contributed by atoms with van der Waals surface area (Å²) in [4.78, 5) is 24.5. The maximum atomic E-state index is 13.1. The van der Waals surface area contributed by atoms with Crippen LogP contribution in [0.4, 0.5) is 18.9 Å². The number of hydrogen-bond donors (Lipinski definition) is 0.